The van der Waals surface area contributed by atoms with Gasteiger partial charge >= 0.3 is 5.69 Å². The largest absolute Gasteiger partial charge is 0.484 e. The van der Waals surface area contributed by atoms with Crippen molar-refractivity contribution < 1.29 is 4.74 Å². The molecule has 0 saturated carbocycles. The lowest BCUT2D eigenvalue weighted by molar-refractivity contribution is 0.226. The van der Waals surface area contributed by atoms with Gasteiger partial charge in [0.15, 0.2) is 5.06 Å². The first-order valence-electron chi connectivity index (χ1n) is 8.88. The van der Waals surface area contributed by atoms with Crippen LogP contribution in [-0.4, -0.2) is 53.4 Å². The van der Waals surface area contributed by atoms with E-state index in [0.717, 1.165) is 55.4 Å². The number of hydrogen-bond donors (Lipinski definition) is 0. The van der Waals surface area contributed by atoms with Crippen LogP contribution in [0.4, 0.5) is 5.82 Å². The van der Waals surface area contributed by atoms with Crippen molar-refractivity contribution in [3.63, 3.8) is 0 Å². The third kappa shape index (κ3) is 4.19. The molecule has 26 heavy (non-hydrogen) atoms. The van der Waals surface area contributed by atoms with Gasteiger partial charge < -0.3 is 9.64 Å². The van der Waals surface area contributed by atoms with Gasteiger partial charge in [-0.05, 0) is 30.4 Å². The maximum Gasteiger partial charge on any atom is 0.332 e. The Bertz CT molecular complexity index is 862. The van der Waals surface area contributed by atoms with E-state index >= 15 is 0 Å². The minimum atomic E-state index is -0.282. The van der Waals surface area contributed by atoms with E-state index in [4.69, 9.17) is 4.74 Å². The highest BCUT2D eigenvalue weighted by Crippen LogP contribution is 2.22. The quantitative estimate of drug-likeness (QED) is 0.703. The molecule has 0 aromatic carbocycles. The molecule has 0 N–H and O–H groups in total. The van der Waals surface area contributed by atoms with E-state index in [0.29, 0.717) is 5.82 Å². The molecule has 1 aliphatic rings. The van der Waals surface area contributed by atoms with Crippen molar-refractivity contribution in [2.75, 3.05) is 44.2 Å². The first kappa shape index (κ1) is 18.7. The van der Waals surface area contributed by atoms with E-state index in [9.17, 15) is 9.59 Å². The van der Waals surface area contributed by atoms with E-state index in [1.807, 2.05) is 0 Å². The molecule has 2 aromatic rings. The summed E-state index contributed by atoms with van der Waals surface area (Å²) in [6, 6.07) is 3.62. The van der Waals surface area contributed by atoms with Crippen LogP contribution in [-0.2, 0) is 14.1 Å². The molecule has 1 saturated heterocycles. The third-order valence-corrected chi connectivity index (χ3v) is 5.72. The van der Waals surface area contributed by atoms with Gasteiger partial charge in [0.05, 0.1) is 6.61 Å². The molecule has 3 heterocycles. The molecule has 0 atom stereocenters. The summed E-state index contributed by atoms with van der Waals surface area (Å²) in [7, 11) is 3.22. The SMILES string of the molecule is Cc1csc(OCCCN2CCN(c3cc(=O)n(C)c(=O)n3C)CC2)c1. The monoisotopic (exact) mass is 378 g/mol. The fourth-order valence-electron chi connectivity index (χ4n) is 3.17. The van der Waals surface area contributed by atoms with Crippen molar-refractivity contribution in [3.8, 4) is 5.06 Å². The van der Waals surface area contributed by atoms with Gasteiger partial charge in [-0.1, -0.05) is 0 Å². The number of anilines is 1. The zero-order valence-electron chi connectivity index (χ0n) is 15.6. The Morgan fingerprint density at radius 3 is 2.46 bits per heavy atom. The summed E-state index contributed by atoms with van der Waals surface area (Å²) in [5.41, 5.74) is 0.702. The van der Waals surface area contributed by atoms with Crippen LogP contribution in [0.5, 0.6) is 5.06 Å². The Morgan fingerprint density at radius 2 is 1.81 bits per heavy atom. The predicted molar refractivity (Wildman–Crippen MR) is 105 cm³/mol. The number of rotatable bonds is 6. The van der Waals surface area contributed by atoms with Crippen molar-refractivity contribution in [2.24, 2.45) is 14.1 Å². The molecule has 7 nitrogen and oxygen atoms in total. The Morgan fingerprint density at radius 1 is 1.08 bits per heavy atom. The summed E-state index contributed by atoms with van der Waals surface area (Å²) in [4.78, 5) is 28.5. The zero-order valence-corrected chi connectivity index (χ0v) is 16.4. The van der Waals surface area contributed by atoms with E-state index in [1.54, 1.807) is 29.0 Å². The summed E-state index contributed by atoms with van der Waals surface area (Å²) in [6.07, 6.45) is 0.987. The smallest absolute Gasteiger partial charge is 0.332 e. The highest BCUT2D eigenvalue weighted by Gasteiger charge is 2.20. The topological polar surface area (TPSA) is 59.7 Å². The highest BCUT2D eigenvalue weighted by atomic mass is 32.1. The van der Waals surface area contributed by atoms with E-state index in [-0.39, 0.29) is 11.2 Å². The average Bonchev–Trinajstić information content (AvgIpc) is 3.06. The van der Waals surface area contributed by atoms with Crippen molar-refractivity contribution in [1.82, 2.24) is 14.0 Å². The molecule has 0 amide bonds. The van der Waals surface area contributed by atoms with Crippen molar-refractivity contribution in [3.05, 3.63) is 43.9 Å². The lowest BCUT2D eigenvalue weighted by atomic mass is 10.3. The van der Waals surface area contributed by atoms with Crippen LogP contribution in [0.15, 0.2) is 27.1 Å². The summed E-state index contributed by atoms with van der Waals surface area (Å²) < 4.78 is 8.45. The van der Waals surface area contributed by atoms with Gasteiger partial charge in [-0.15, -0.1) is 11.3 Å². The van der Waals surface area contributed by atoms with E-state index in [2.05, 4.69) is 28.2 Å². The number of aromatic nitrogens is 2. The van der Waals surface area contributed by atoms with Crippen LogP contribution in [0.1, 0.15) is 12.0 Å². The van der Waals surface area contributed by atoms with Crippen LogP contribution in [0, 0.1) is 6.92 Å². The lowest BCUT2D eigenvalue weighted by Crippen LogP contribution is -2.49. The summed E-state index contributed by atoms with van der Waals surface area (Å²) >= 11 is 1.64. The second kappa shape index (κ2) is 8.09. The molecule has 8 heteroatoms. The van der Waals surface area contributed by atoms with E-state index in [1.165, 1.54) is 12.6 Å². The van der Waals surface area contributed by atoms with Gasteiger partial charge in [-0.3, -0.25) is 18.8 Å². The number of thiophene rings is 1. The third-order valence-electron chi connectivity index (χ3n) is 4.77. The number of nitrogens with zero attached hydrogens (tertiary/aromatic N) is 4. The van der Waals surface area contributed by atoms with Crippen molar-refractivity contribution in [2.45, 2.75) is 13.3 Å². The molecular weight excluding hydrogens is 352 g/mol. The molecule has 0 spiro atoms. The average molecular weight is 378 g/mol. The Hall–Kier alpha value is -2.06. The fourth-order valence-corrected chi connectivity index (χ4v) is 3.94. The molecule has 0 radical (unpaired) electrons. The molecule has 0 unspecified atom stereocenters. The van der Waals surface area contributed by atoms with Gasteiger partial charge in [0, 0.05) is 52.9 Å². The zero-order chi connectivity index (χ0) is 18.7. The number of aryl methyl sites for hydroxylation is 1. The highest BCUT2D eigenvalue weighted by molar-refractivity contribution is 7.12. The normalized spacial score (nSPS) is 15.4. The molecule has 2 aromatic heterocycles. The van der Waals surface area contributed by atoms with Gasteiger partial charge in [-0.2, -0.15) is 0 Å². The van der Waals surface area contributed by atoms with E-state index < -0.39 is 0 Å². The first-order valence-corrected chi connectivity index (χ1v) is 9.76. The van der Waals surface area contributed by atoms with Gasteiger partial charge in [0.2, 0.25) is 0 Å². The lowest BCUT2D eigenvalue weighted by Gasteiger charge is -2.36. The Kier molecular flexibility index (Phi) is 5.83. The minimum absolute atomic E-state index is 0.258. The summed E-state index contributed by atoms with van der Waals surface area (Å²) in [6.45, 7) is 7.25. The van der Waals surface area contributed by atoms with Gasteiger partial charge in [0.25, 0.3) is 5.56 Å². The standard InChI is InChI=1S/C18H26N4O3S/c1-14-11-17(26-13-14)25-10-4-5-21-6-8-22(9-7-21)15-12-16(23)20(3)18(24)19(15)2/h11-13H,4-10H2,1-3H3. The first-order chi connectivity index (χ1) is 12.5. The van der Waals surface area contributed by atoms with Crippen LogP contribution in [0.2, 0.25) is 0 Å². The van der Waals surface area contributed by atoms with Crippen LogP contribution >= 0.6 is 11.3 Å². The minimum Gasteiger partial charge on any atom is -0.484 e. The number of ether oxygens (including phenoxy) is 1. The second-order valence-corrected chi connectivity index (χ2v) is 7.59. The maximum absolute atomic E-state index is 12.1. The summed E-state index contributed by atoms with van der Waals surface area (Å²) in [5.74, 6) is 0.703. The molecule has 0 bridgehead atoms. The molecule has 142 valence electrons. The maximum atomic E-state index is 12.1. The molecule has 3 rings (SSSR count). The van der Waals surface area contributed by atoms with Crippen molar-refractivity contribution >= 4 is 17.2 Å². The summed E-state index contributed by atoms with van der Waals surface area (Å²) in [5, 5.41) is 3.08. The molecule has 0 aliphatic carbocycles. The van der Waals surface area contributed by atoms with Crippen molar-refractivity contribution in [1.29, 1.82) is 0 Å². The molecule has 1 aliphatic heterocycles. The number of hydrogen-bond acceptors (Lipinski definition) is 6. The van der Waals surface area contributed by atoms with Crippen LogP contribution in [0.3, 0.4) is 0 Å². The number of piperazine rings is 1. The fraction of sp³-hybridized carbons (Fsp3) is 0.556. The Labute approximate surface area is 157 Å². The molecule has 1 fully saturated rings. The Balaban J connectivity index is 1.47. The second-order valence-electron chi connectivity index (χ2n) is 6.72. The van der Waals surface area contributed by atoms with Gasteiger partial charge in [-0.25, -0.2) is 4.79 Å². The predicted octanol–water partition coefficient (Wildman–Crippen LogP) is 1.05. The van der Waals surface area contributed by atoms with Crippen LogP contribution in [0.25, 0.3) is 0 Å². The van der Waals surface area contributed by atoms with Gasteiger partial charge in [0.1, 0.15) is 5.82 Å². The molecular formula is C18H26N4O3S. The van der Waals surface area contributed by atoms with Crippen LogP contribution < -0.4 is 20.9 Å².